The van der Waals surface area contributed by atoms with Gasteiger partial charge in [-0.1, -0.05) is 23.2 Å². The van der Waals surface area contributed by atoms with Crippen LogP contribution < -0.4 is 4.74 Å². The first-order valence-electron chi connectivity index (χ1n) is 7.87. The normalized spacial score (nSPS) is 10.9. The molecule has 132 valence electrons. The van der Waals surface area contributed by atoms with E-state index in [-0.39, 0.29) is 12.4 Å². The smallest absolute Gasteiger partial charge is 0.200 e. The monoisotopic (exact) mass is 378 g/mol. The van der Waals surface area contributed by atoms with Gasteiger partial charge in [-0.15, -0.1) is 0 Å². The molecule has 0 fully saturated rings. The van der Waals surface area contributed by atoms with Gasteiger partial charge in [0.2, 0.25) is 5.78 Å². The molecule has 2 rings (SSSR count). The molecule has 0 heterocycles. The number of carbonyl (C=O) groups is 1. The summed E-state index contributed by atoms with van der Waals surface area (Å²) in [6.45, 7) is 4.66. The van der Waals surface area contributed by atoms with Crippen LogP contribution in [0, 0.1) is 6.92 Å². The topological polar surface area (TPSA) is 41.9 Å². The number of hydrogen-bond acceptors (Lipinski definition) is 3. The van der Waals surface area contributed by atoms with Gasteiger partial charge in [-0.3, -0.25) is 4.79 Å². The molecule has 4 nitrogen and oxygen atoms in total. The largest absolute Gasteiger partial charge is 0.485 e. The van der Waals surface area contributed by atoms with Gasteiger partial charge in [-0.2, -0.15) is 0 Å². The Morgan fingerprint density at radius 2 is 1.92 bits per heavy atom. The molecule has 2 aromatic carbocycles. The zero-order valence-corrected chi connectivity index (χ0v) is 15.9. The van der Waals surface area contributed by atoms with Gasteiger partial charge in [0.1, 0.15) is 5.75 Å². The van der Waals surface area contributed by atoms with Crippen molar-refractivity contribution in [3.05, 3.63) is 57.6 Å². The quantitative estimate of drug-likeness (QED) is 0.378. The molecule has 0 unspecified atom stereocenters. The highest BCUT2D eigenvalue weighted by molar-refractivity contribution is 6.33. The summed E-state index contributed by atoms with van der Waals surface area (Å²) in [6, 6.07) is 10.3. The van der Waals surface area contributed by atoms with Crippen molar-refractivity contribution >= 4 is 41.0 Å². The summed E-state index contributed by atoms with van der Waals surface area (Å²) in [5, 5.41) is 1.05. The van der Waals surface area contributed by atoms with Gasteiger partial charge in [0.25, 0.3) is 0 Å². The summed E-state index contributed by atoms with van der Waals surface area (Å²) in [7, 11) is 1.93. The van der Waals surface area contributed by atoms with E-state index in [1.54, 1.807) is 42.7 Å². The van der Waals surface area contributed by atoms with Gasteiger partial charge in [-0.25, -0.2) is 4.99 Å². The third-order valence-corrected chi connectivity index (χ3v) is 4.23. The van der Waals surface area contributed by atoms with Crippen LogP contribution in [0.4, 0.5) is 5.69 Å². The molecule has 0 aliphatic heterocycles. The molecule has 0 bridgehead atoms. The van der Waals surface area contributed by atoms with Gasteiger partial charge >= 0.3 is 0 Å². The lowest BCUT2D eigenvalue weighted by molar-refractivity contribution is 0.0921. The van der Waals surface area contributed by atoms with Crippen molar-refractivity contribution in [2.45, 2.75) is 13.8 Å². The van der Waals surface area contributed by atoms with E-state index in [0.717, 1.165) is 12.1 Å². The molecule has 0 radical (unpaired) electrons. The molecule has 0 atom stereocenters. The fraction of sp³-hybridized carbons (Fsp3) is 0.263. The van der Waals surface area contributed by atoms with Crippen molar-refractivity contribution < 1.29 is 9.53 Å². The first-order chi connectivity index (χ1) is 11.9. The van der Waals surface area contributed by atoms with E-state index in [4.69, 9.17) is 27.9 Å². The van der Waals surface area contributed by atoms with E-state index in [9.17, 15) is 4.79 Å². The van der Waals surface area contributed by atoms with Crippen LogP contribution in [0.25, 0.3) is 0 Å². The average molecular weight is 379 g/mol. The molecule has 2 aromatic rings. The second-order valence-corrected chi connectivity index (χ2v) is 6.45. The molecular weight excluding hydrogens is 359 g/mol. The van der Waals surface area contributed by atoms with Crippen LogP contribution in [0.1, 0.15) is 22.8 Å². The Hall–Kier alpha value is -2.04. The SMILES string of the molecule is CCN(C)/C=N\c1cc(C)c(C(=O)COc2ccc(Cl)cc2)cc1Cl. The molecule has 0 aromatic heterocycles. The van der Waals surface area contributed by atoms with Crippen molar-refractivity contribution in [2.75, 3.05) is 20.2 Å². The van der Waals surface area contributed by atoms with E-state index in [0.29, 0.717) is 27.0 Å². The standard InChI is InChI=1S/C19H20Cl2N2O2/c1-4-23(3)12-22-18-9-13(2)16(10-17(18)21)19(24)11-25-15-7-5-14(20)6-8-15/h5-10,12H,4,11H2,1-3H3/b22-12-. The Morgan fingerprint density at radius 3 is 2.56 bits per heavy atom. The van der Waals surface area contributed by atoms with Crippen molar-refractivity contribution in [1.29, 1.82) is 0 Å². The molecule has 25 heavy (non-hydrogen) atoms. The number of ketones is 1. The van der Waals surface area contributed by atoms with Gasteiger partial charge in [0.15, 0.2) is 6.61 Å². The van der Waals surface area contributed by atoms with Crippen molar-refractivity contribution in [3.8, 4) is 5.75 Å². The summed E-state index contributed by atoms with van der Waals surface area (Å²) in [6.07, 6.45) is 1.71. The average Bonchev–Trinajstić information content (AvgIpc) is 2.61. The van der Waals surface area contributed by atoms with Crippen LogP contribution in [0.2, 0.25) is 10.0 Å². The lowest BCUT2D eigenvalue weighted by Crippen LogP contribution is -2.14. The van der Waals surface area contributed by atoms with Crippen LogP contribution in [0.5, 0.6) is 5.75 Å². The van der Waals surface area contributed by atoms with Crippen molar-refractivity contribution in [1.82, 2.24) is 4.90 Å². The predicted octanol–water partition coefficient (Wildman–Crippen LogP) is 5.18. The third-order valence-electron chi connectivity index (χ3n) is 3.67. The second-order valence-electron chi connectivity index (χ2n) is 5.60. The molecule has 0 saturated carbocycles. The first-order valence-corrected chi connectivity index (χ1v) is 8.62. The number of aryl methyl sites for hydroxylation is 1. The summed E-state index contributed by atoms with van der Waals surface area (Å²) in [4.78, 5) is 18.7. The van der Waals surface area contributed by atoms with Crippen LogP contribution in [-0.2, 0) is 0 Å². The zero-order chi connectivity index (χ0) is 18.4. The minimum Gasteiger partial charge on any atom is -0.485 e. The second kappa shape index (κ2) is 8.88. The number of benzene rings is 2. The molecule has 0 aliphatic carbocycles. The van der Waals surface area contributed by atoms with Gasteiger partial charge in [0, 0.05) is 24.2 Å². The van der Waals surface area contributed by atoms with E-state index in [2.05, 4.69) is 4.99 Å². The number of hydrogen-bond donors (Lipinski definition) is 0. The van der Waals surface area contributed by atoms with Crippen molar-refractivity contribution in [3.63, 3.8) is 0 Å². The highest BCUT2D eigenvalue weighted by Crippen LogP contribution is 2.28. The molecule has 0 N–H and O–H groups in total. The molecular formula is C19H20Cl2N2O2. The Labute approximate surface area is 158 Å². The van der Waals surface area contributed by atoms with Crippen LogP contribution in [0.15, 0.2) is 41.4 Å². The Morgan fingerprint density at radius 1 is 1.24 bits per heavy atom. The highest BCUT2D eigenvalue weighted by Gasteiger charge is 2.13. The van der Waals surface area contributed by atoms with E-state index in [1.807, 2.05) is 25.8 Å². The maximum atomic E-state index is 12.4. The van der Waals surface area contributed by atoms with Gasteiger partial charge in [-0.05, 0) is 55.8 Å². The summed E-state index contributed by atoms with van der Waals surface area (Å²) in [5.41, 5.74) is 1.97. The van der Waals surface area contributed by atoms with Crippen LogP contribution in [-0.4, -0.2) is 37.2 Å². The number of ether oxygens (including phenoxy) is 1. The number of rotatable bonds is 7. The maximum Gasteiger partial charge on any atom is 0.200 e. The van der Waals surface area contributed by atoms with Gasteiger partial charge < -0.3 is 9.64 Å². The number of Topliss-reactive ketones (excluding diaryl/α,β-unsaturated/α-hetero) is 1. The Kier molecular flexibility index (Phi) is 6.85. The van der Waals surface area contributed by atoms with Crippen LogP contribution >= 0.6 is 23.2 Å². The van der Waals surface area contributed by atoms with Crippen molar-refractivity contribution in [2.24, 2.45) is 4.99 Å². The first kappa shape index (κ1) is 19.3. The number of halogens is 2. The number of nitrogens with zero attached hydrogens (tertiary/aromatic N) is 2. The van der Waals surface area contributed by atoms with Gasteiger partial charge in [0.05, 0.1) is 17.0 Å². The van der Waals surface area contributed by atoms with E-state index >= 15 is 0 Å². The summed E-state index contributed by atoms with van der Waals surface area (Å²) >= 11 is 12.1. The number of aliphatic imine (C=N–C) groups is 1. The molecule has 0 saturated heterocycles. The number of carbonyl (C=O) groups excluding carboxylic acids is 1. The third kappa shape index (κ3) is 5.48. The maximum absolute atomic E-state index is 12.4. The lowest BCUT2D eigenvalue weighted by Gasteiger charge is -2.11. The minimum atomic E-state index is -0.143. The molecule has 0 amide bonds. The molecule has 6 heteroatoms. The Bertz CT molecular complexity index is 774. The summed E-state index contributed by atoms with van der Waals surface area (Å²) in [5.74, 6) is 0.445. The molecule has 0 aliphatic rings. The lowest BCUT2D eigenvalue weighted by atomic mass is 10.0. The zero-order valence-electron chi connectivity index (χ0n) is 14.4. The highest BCUT2D eigenvalue weighted by atomic mass is 35.5. The predicted molar refractivity (Wildman–Crippen MR) is 104 cm³/mol. The summed E-state index contributed by atoms with van der Waals surface area (Å²) < 4.78 is 5.51. The minimum absolute atomic E-state index is 0.0695. The Balaban J connectivity index is 2.10. The fourth-order valence-electron chi connectivity index (χ4n) is 2.07. The fourth-order valence-corrected chi connectivity index (χ4v) is 2.40. The van der Waals surface area contributed by atoms with Crippen LogP contribution in [0.3, 0.4) is 0 Å². The van der Waals surface area contributed by atoms with E-state index in [1.165, 1.54) is 0 Å². The van der Waals surface area contributed by atoms with E-state index < -0.39 is 0 Å². The molecule has 0 spiro atoms.